The third-order valence-corrected chi connectivity index (χ3v) is 2.57. The van der Waals surface area contributed by atoms with E-state index in [1.807, 2.05) is 13.0 Å². The van der Waals surface area contributed by atoms with E-state index in [1.54, 1.807) is 13.0 Å². The van der Waals surface area contributed by atoms with Crippen LogP contribution in [0.1, 0.15) is 25.5 Å². The Kier molecular flexibility index (Phi) is 7.07. The van der Waals surface area contributed by atoms with Gasteiger partial charge in [-0.25, -0.2) is 9.18 Å². The predicted octanol–water partition coefficient (Wildman–Crippen LogP) is 2.06. The first-order chi connectivity index (χ1) is 9.13. The van der Waals surface area contributed by atoms with Gasteiger partial charge >= 0.3 is 5.97 Å². The summed E-state index contributed by atoms with van der Waals surface area (Å²) in [5.41, 5.74) is 0.880. The smallest absolute Gasteiger partial charge is 0.332 e. The zero-order valence-corrected chi connectivity index (χ0v) is 11.3. The minimum atomic E-state index is -0.360. The highest BCUT2D eigenvalue weighted by Crippen LogP contribution is 2.12. The number of carbonyl (C=O) groups is 1. The number of halogens is 1. The van der Waals surface area contributed by atoms with Crippen molar-refractivity contribution in [2.75, 3.05) is 26.4 Å². The summed E-state index contributed by atoms with van der Waals surface area (Å²) in [5, 5.41) is 3.19. The van der Waals surface area contributed by atoms with Gasteiger partial charge in [0, 0.05) is 12.6 Å². The zero-order chi connectivity index (χ0) is 14.1. The van der Waals surface area contributed by atoms with E-state index < -0.39 is 0 Å². The molecule has 0 aliphatic carbocycles. The minimum Gasteiger partial charge on any atom is -0.464 e. The normalized spacial score (nSPS) is 12.2. The van der Waals surface area contributed by atoms with Crippen molar-refractivity contribution in [1.82, 2.24) is 5.32 Å². The number of nitrogens with one attached hydrogen (secondary N) is 1. The first kappa shape index (κ1) is 15.6. The molecule has 1 unspecified atom stereocenters. The third-order valence-electron chi connectivity index (χ3n) is 2.57. The number of benzene rings is 1. The Morgan fingerprint density at radius 2 is 2.26 bits per heavy atom. The quantitative estimate of drug-likeness (QED) is 0.579. The largest absolute Gasteiger partial charge is 0.464 e. The monoisotopic (exact) mass is 269 g/mol. The predicted molar refractivity (Wildman–Crippen MR) is 70.3 cm³/mol. The van der Waals surface area contributed by atoms with Gasteiger partial charge in [-0.2, -0.15) is 0 Å². The Morgan fingerprint density at radius 3 is 2.95 bits per heavy atom. The van der Waals surface area contributed by atoms with Crippen molar-refractivity contribution in [2.24, 2.45) is 0 Å². The van der Waals surface area contributed by atoms with Crippen LogP contribution in [0.15, 0.2) is 24.3 Å². The van der Waals surface area contributed by atoms with Gasteiger partial charge in [-0.1, -0.05) is 12.1 Å². The summed E-state index contributed by atoms with van der Waals surface area (Å²) in [4.78, 5) is 11.0. The molecule has 106 valence electrons. The molecule has 1 atom stereocenters. The Bertz CT molecular complexity index is 398. The van der Waals surface area contributed by atoms with Crippen molar-refractivity contribution < 1.29 is 18.7 Å². The van der Waals surface area contributed by atoms with Crippen LogP contribution in [-0.4, -0.2) is 32.3 Å². The molecule has 0 radical (unpaired) electrons. The van der Waals surface area contributed by atoms with Crippen LogP contribution < -0.4 is 5.32 Å². The average Bonchev–Trinajstić information content (AvgIpc) is 2.38. The lowest BCUT2D eigenvalue weighted by atomic mass is 10.1. The van der Waals surface area contributed by atoms with Gasteiger partial charge in [0.05, 0.1) is 13.2 Å². The second-order valence-corrected chi connectivity index (χ2v) is 4.09. The van der Waals surface area contributed by atoms with Gasteiger partial charge in [-0.15, -0.1) is 0 Å². The van der Waals surface area contributed by atoms with Gasteiger partial charge in [-0.05, 0) is 31.5 Å². The van der Waals surface area contributed by atoms with Gasteiger partial charge in [0.25, 0.3) is 0 Å². The zero-order valence-electron chi connectivity index (χ0n) is 11.3. The van der Waals surface area contributed by atoms with Gasteiger partial charge in [-0.3, -0.25) is 0 Å². The van der Waals surface area contributed by atoms with E-state index in [4.69, 9.17) is 9.47 Å². The standard InChI is InChI=1S/C14H20FNO3/c1-3-19-14(17)10-18-8-7-16-11(2)12-5-4-6-13(15)9-12/h4-6,9,11,16H,3,7-8,10H2,1-2H3. The summed E-state index contributed by atoms with van der Waals surface area (Å²) in [6.45, 7) is 5.00. The summed E-state index contributed by atoms with van der Waals surface area (Å²) in [6.07, 6.45) is 0. The molecule has 0 fully saturated rings. The van der Waals surface area contributed by atoms with E-state index in [-0.39, 0.29) is 24.4 Å². The molecule has 0 spiro atoms. The summed E-state index contributed by atoms with van der Waals surface area (Å²) in [5.74, 6) is -0.606. The molecular formula is C14H20FNO3. The Hall–Kier alpha value is -1.46. The van der Waals surface area contributed by atoms with Crippen LogP contribution in [0.2, 0.25) is 0 Å². The molecule has 0 amide bonds. The molecule has 1 N–H and O–H groups in total. The average molecular weight is 269 g/mol. The molecule has 1 aromatic carbocycles. The van der Waals surface area contributed by atoms with Crippen molar-refractivity contribution in [3.05, 3.63) is 35.6 Å². The van der Waals surface area contributed by atoms with E-state index in [0.29, 0.717) is 19.8 Å². The maximum Gasteiger partial charge on any atom is 0.332 e. The molecule has 0 bridgehead atoms. The van der Waals surface area contributed by atoms with Crippen LogP contribution >= 0.6 is 0 Å². The van der Waals surface area contributed by atoms with Crippen molar-refractivity contribution >= 4 is 5.97 Å². The molecule has 1 rings (SSSR count). The minimum absolute atomic E-state index is 0.0295. The lowest BCUT2D eigenvalue weighted by Gasteiger charge is -2.14. The molecule has 5 heteroatoms. The summed E-state index contributed by atoms with van der Waals surface area (Å²) in [7, 11) is 0. The second-order valence-electron chi connectivity index (χ2n) is 4.09. The first-order valence-electron chi connectivity index (χ1n) is 6.35. The van der Waals surface area contributed by atoms with Gasteiger partial charge in [0.1, 0.15) is 12.4 Å². The van der Waals surface area contributed by atoms with E-state index in [2.05, 4.69) is 5.32 Å². The lowest BCUT2D eigenvalue weighted by Crippen LogP contribution is -2.24. The fourth-order valence-corrected chi connectivity index (χ4v) is 1.60. The molecule has 0 saturated carbocycles. The number of ether oxygens (including phenoxy) is 2. The maximum atomic E-state index is 13.0. The molecule has 1 aromatic rings. The first-order valence-corrected chi connectivity index (χ1v) is 6.35. The van der Waals surface area contributed by atoms with Crippen molar-refractivity contribution in [2.45, 2.75) is 19.9 Å². The van der Waals surface area contributed by atoms with Crippen LogP contribution in [0.4, 0.5) is 4.39 Å². The number of carbonyl (C=O) groups excluding carboxylic acids is 1. The van der Waals surface area contributed by atoms with Crippen LogP contribution in [0.3, 0.4) is 0 Å². The SMILES string of the molecule is CCOC(=O)COCCNC(C)c1cccc(F)c1. The second kappa shape index (κ2) is 8.61. The number of esters is 1. The van der Waals surface area contributed by atoms with E-state index in [9.17, 15) is 9.18 Å². The molecule has 19 heavy (non-hydrogen) atoms. The lowest BCUT2D eigenvalue weighted by molar-refractivity contribution is -0.148. The molecular weight excluding hydrogens is 249 g/mol. The van der Waals surface area contributed by atoms with Gasteiger partial charge in [0.15, 0.2) is 0 Å². The molecule has 4 nitrogen and oxygen atoms in total. The van der Waals surface area contributed by atoms with Crippen LogP contribution in [0.5, 0.6) is 0 Å². The van der Waals surface area contributed by atoms with E-state index >= 15 is 0 Å². The summed E-state index contributed by atoms with van der Waals surface area (Å²) < 4.78 is 22.9. The summed E-state index contributed by atoms with van der Waals surface area (Å²) in [6, 6.07) is 6.48. The number of hydrogen-bond donors (Lipinski definition) is 1. The summed E-state index contributed by atoms with van der Waals surface area (Å²) >= 11 is 0. The van der Waals surface area contributed by atoms with E-state index in [0.717, 1.165) is 5.56 Å². The van der Waals surface area contributed by atoms with Crippen LogP contribution in [0, 0.1) is 5.82 Å². The van der Waals surface area contributed by atoms with Crippen LogP contribution in [0.25, 0.3) is 0 Å². The Morgan fingerprint density at radius 1 is 1.47 bits per heavy atom. The highest BCUT2D eigenvalue weighted by Gasteiger charge is 2.05. The maximum absolute atomic E-state index is 13.0. The van der Waals surface area contributed by atoms with E-state index in [1.165, 1.54) is 12.1 Å². The number of hydrogen-bond acceptors (Lipinski definition) is 4. The highest BCUT2D eigenvalue weighted by molar-refractivity contribution is 5.70. The fourth-order valence-electron chi connectivity index (χ4n) is 1.60. The Balaban J connectivity index is 2.17. The van der Waals surface area contributed by atoms with Crippen LogP contribution in [-0.2, 0) is 14.3 Å². The molecule has 0 aromatic heterocycles. The fraction of sp³-hybridized carbons (Fsp3) is 0.500. The highest BCUT2D eigenvalue weighted by atomic mass is 19.1. The van der Waals surface area contributed by atoms with Crippen molar-refractivity contribution in [1.29, 1.82) is 0 Å². The number of rotatable bonds is 8. The van der Waals surface area contributed by atoms with Gasteiger partial charge in [0.2, 0.25) is 0 Å². The van der Waals surface area contributed by atoms with Crippen molar-refractivity contribution in [3.8, 4) is 0 Å². The van der Waals surface area contributed by atoms with Gasteiger partial charge < -0.3 is 14.8 Å². The Labute approximate surface area is 112 Å². The molecule has 0 aliphatic rings. The third kappa shape index (κ3) is 6.31. The molecule has 0 saturated heterocycles. The molecule has 0 aliphatic heterocycles. The van der Waals surface area contributed by atoms with Crippen molar-refractivity contribution in [3.63, 3.8) is 0 Å². The topological polar surface area (TPSA) is 47.6 Å². The molecule has 0 heterocycles.